The Labute approximate surface area is 142 Å². The SMILES string of the molecule is O=C(CNC(=O)c1cc(Cl)c2c(c1)OCCO2)NCc1ccco1. The van der Waals surface area contributed by atoms with Crippen LogP contribution in [0.4, 0.5) is 0 Å². The summed E-state index contributed by atoms with van der Waals surface area (Å²) in [6.07, 6.45) is 1.52. The van der Waals surface area contributed by atoms with E-state index in [0.29, 0.717) is 41.1 Å². The van der Waals surface area contributed by atoms with Gasteiger partial charge in [-0.1, -0.05) is 11.6 Å². The van der Waals surface area contributed by atoms with Crippen molar-refractivity contribution >= 4 is 23.4 Å². The van der Waals surface area contributed by atoms with Gasteiger partial charge in [0.2, 0.25) is 5.91 Å². The summed E-state index contributed by atoms with van der Waals surface area (Å²) in [5, 5.41) is 5.45. The summed E-state index contributed by atoms with van der Waals surface area (Å²) in [7, 11) is 0. The molecule has 0 atom stereocenters. The molecule has 1 aliphatic heterocycles. The predicted molar refractivity (Wildman–Crippen MR) is 85.3 cm³/mol. The Morgan fingerprint density at radius 3 is 2.79 bits per heavy atom. The van der Waals surface area contributed by atoms with Crippen LogP contribution in [0.2, 0.25) is 5.02 Å². The third kappa shape index (κ3) is 3.80. The van der Waals surface area contributed by atoms with Crippen molar-refractivity contribution in [3.05, 3.63) is 46.9 Å². The maximum Gasteiger partial charge on any atom is 0.251 e. The minimum absolute atomic E-state index is 0.161. The highest BCUT2D eigenvalue weighted by atomic mass is 35.5. The molecule has 0 saturated heterocycles. The van der Waals surface area contributed by atoms with Crippen LogP contribution in [0.25, 0.3) is 0 Å². The molecule has 0 saturated carbocycles. The van der Waals surface area contributed by atoms with Crippen molar-refractivity contribution in [3.63, 3.8) is 0 Å². The molecule has 0 bridgehead atoms. The molecular formula is C16H15ClN2O5. The number of amides is 2. The van der Waals surface area contributed by atoms with E-state index in [1.807, 2.05) is 0 Å². The lowest BCUT2D eigenvalue weighted by Gasteiger charge is -2.20. The van der Waals surface area contributed by atoms with Gasteiger partial charge in [-0.05, 0) is 24.3 Å². The Kier molecular flexibility index (Phi) is 4.90. The first kappa shape index (κ1) is 16.2. The van der Waals surface area contributed by atoms with E-state index in [2.05, 4.69) is 10.6 Å². The molecule has 0 fully saturated rings. The Balaban J connectivity index is 1.55. The Hall–Kier alpha value is -2.67. The lowest BCUT2D eigenvalue weighted by atomic mass is 10.1. The molecule has 7 nitrogen and oxygen atoms in total. The highest BCUT2D eigenvalue weighted by Gasteiger charge is 2.19. The van der Waals surface area contributed by atoms with E-state index in [-0.39, 0.29) is 19.0 Å². The van der Waals surface area contributed by atoms with Crippen LogP contribution in [0, 0.1) is 0 Å². The van der Waals surface area contributed by atoms with Crippen molar-refractivity contribution in [1.82, 2.24) is 10.6 Å². The average molecular weight is 351 g/mol. The van der Waals surface area contributed by atoms with Gasteiger partial charge >= 0.3 is 0 Å². The van der Waals surface area contributed by atoms with Gasteiger partial charge in [-0.2, -0.15) is 0 Å². The molecule has 126 valence electrons. The van der Waals surface area contributed by atoms with Crippen molar-refractivity contribution in [2.24, 2.45) is 0 Å². The topological polar surface area (TPSA) is 89.8 Å². The van der Waals surface area contributed by atoms with Gasteiger partial charge in [0, 0.05) is 5.56 Å². The zero-order chi connectivity index (χ0) is 16.9. The standard InChI is InChI=1S/C16H15ClN2O5/c17-12-6-10(7-13-15(12)24-5-4-23-13)16(21)19-9-14(20)18-8-11-2-1-3-22-11/h1-3,6-7H,4-5,8-9H2,(H,18,20)(H,19,21). The van der Waals surface area contributed by atoms with Crippen LogP contribution in [0.5, 0.6) is 11.5 Å². The van der Waals surface area contributed by atoms with E-state index in [1.54, 1.807) is 12.1 Å². The molecule has 3 rings (SSSR count). The number of halogens is 1. The number of nitrogens with one attached hydrogen (secondary N) is 2. The van der Waals surface area contributed by atoms with Crippen LogP contribution in [-0.2, 0) is 11.3 Å². The van der Waals surface area contributed by atoms with Gasteiger partial charge in [0.15, 0.2) is 11.5 Å². The molecule has 1 aliphatic rings. The van der Waals surface area contributed by atoms with Crippen molar-refractivity contribution in [2.45, 2.75) is 6.54 Å². The van der Waals surface area contributed by atoms with Crippen LogP contribution < -0.4 is 20.1 Å². The fourth-order valence-corrected chi connectivity index (χ4v) is 2.43. The third-order valence-corrected chi connectivity index (χ3v) is 3.59. The molecule has 2 amide bonds. The van der Waals surface area contributed by atoms with E-state index in [0.717, 1.165) is 0 Å². The maximum absolute atomic E-state index is 12.2. The van der Waals surface area contributed by atoms with Gasteiger partial charge in [0.1, 0.15) is 19.0 Å². The number of carbonyl (C=O) groups excluding carboxylic acids is 2. The van der Waals surface area contributed by atoms with Gasteiger partial charge in [-0.15, -0.1) is 0 Å². The zero-order valence-corrected chi connectivity index (χ0v) is 13.4. The molecule has 0 aliphatic carbocycles. The molecule has 2 aromatic rings. The van der Waals surface area contributed by atoms with E-state index >= 15 is 0 Å². The first-order valence-electron chi connectivity index (χ1n) is 7.30. The minimum Gasteiger partial charge on any atom is -0.486 e. The average Bonchev–Trinajstić information content (AvgIpc) is 3.11. The summed E-state index contributed by atoms with van der Waals surface area (Å²) < 4.78 is 15.9. The summed E-state index contributed by atoms with van der Waals surface area (Å²) >= 11 is 6.09. The van der Waals surface area contributed by atoms with Crippen LogP contribution in [0.1, 0.15) is 16.1 Å². The number of furan rings is 1. The first-order valence-corrected chi connectivity index (χ1v) is 7.67. The van der Waals surface area contributed by atoms with Crippen molar-refractivity contribution in [2.75, 3.05) is 19.8 Å². The normalized spacial score (nSPS) is 12.5. The van der Waals surface area contributed by atoms with Gasteiger partial charge in [0.25, 0.3) is 5.91 Å². The second-order valence-electron chi connectivity index (χ2n) is 5.02. The number of carbonyl (C=O) groups is 2. The molecule has 1 aromatic carbocycles. The minimum atomic E-state index is -0.429. The highest BCUT2D eigenvalue weighted by molar-refractivity contribution is 6.32. The number of hydrogen-bond acceptors (Lipinski definition) is 5. The second-order valence-corrected chi connectivity index (χ2v) is 5.43. The monoisotopic (exact) mass is 350 g/mol. The lowest BCUT2D eigenvalue weighted by molar-refractivity contribution is -0.120. The van der Waals surface area contributed by atoms with Crippen LogP contribution in [0.15, 0.2) is 34.9 Å². The Morgan fingerprint density at radius 2 is 2.00 bits per heavy atom. The summed E-state index contributed by atoms with van der Waals surface area (Å²) in [5.41, 5.74) is 0.295. The summed E-state index contributed by atoms with van der Waals surface area (Å²) in [6, 6.07) is 6.49. The van der Waals surface area contributed by atoms with Crippen LogP contribution in [0.3, 0.4) is 0 Å². The molecule has 1 aromatic heterocycles. The lowest BCUT2D eigenvalue weighted by Crippen LogP contribution is -2.36. The fraction of sp³-hybridized carbons (Fsp3) is 0.250. The molecule has 2 heterocycles. The van der Waals surface area contributed by atoms with Crippen molar-refractivity contribution in [1.29, 1.82) is 0 Å². The predicted octanol–water partition coefficient (Wildman–Crippen LogP) is 1.75. The number of benzene rings is 1. The largest absolute Gasteiger partial charge is 0.486 e. The van der Waals surface area contributed by atoms with E-state index in [1.165, 1.54) is 18.4 Å². The molecule has 0 spiro atoms. The smallest absolute Gasteiger partial charge is 0.251 e. The first-order chi connectivity index (χ1) is 11.6. The van der Waals surface area contributed by atoms with E-state index in [9.17, 15) is 9.59 Å². The van der Waals surface area contributed by atoms with E-state index < -0.39 is 5.91 Å². The van der Waals surface area contributed by atoms with E-state index in [4.69, 9.17) is 25.5 Å². The molecule has 0 radical (unpaired) electrons. The fourth-order valence-electron chi connectivity index (χ4n) is 2.17. The van der Waals surface area contributed by atoms with Gasteiger partial charge in [-0.25, -0.2) is 0 Å². The van der Waals surface area contributed by atoms with Crippen molar-refractivity contribution in [3.8, 4) is 11.5 Å². The summed E-state index contributed by atoms with van der Waals surface area (Å²) in [6.45, 7) is 0.904. The molecular weight excluding hydrogens is 336 g/mol. The second kappa shape index (κ2) is 7.27. The Bertz CT molecular complexity index is 745. The zero-order valence-electron chi connectivity index (χ0n) is 12.6. The highest BCUT2D eigenvalue weighted by Crippen LogP contribution is 2.38. The number of ether oxygens (including phenoxy) is 2. The van der Waals surface area contributed by atoms with Crippen LogP contribution in [-0.4, -0.2) is 31.6 Å². The maximum atomic E-state index is 12.2. The quantitative estimate of drug-likeness (QED) is 0.857. The third-order valence-electron chi connectivity index (χ3n) is 3.31. The summed E-state index contributed by atoms with van der Waals surface area (Å²) in [4.78, 5) is 23.9. The number of fused-ring (bicyclic) bond motifs is 1. The molecule has 0 unspecified atom stereocenters. The van der Waals surface area contributed by atoms with Gasteiger partial charge in [-0.3, -0.25) is 9.59 Å². The summed E-state index contributed by atoms with van der Waals surface area (Å²) in [5.74, 6) is 0.718. The molecule has 8 heteroatoms. The number of hydrogen-bond donors (Lipinski definition) is 2. The molecule has 2 N–H and O–H groups in total. The van der Waals surface area contributed by atoms with Crippen molar-refractivity contribution < 1.29 is 23.5 Å². The van der Waals surface area contributed by atoms with Gasteiger partial charge in [0.05, 0.1) is 24.4 Å². The number of rotatable bonds is 5. The Morgan fingerprint density at radius 1 is 1.17 bits per heavy atom. The van der Waals surface area contributed by atoms with Crippen LogP contribution >= 0.6 is 11.6 Å². The molecule has 24 heavy (non-hydrogen) atoms. The van der Waals surface area contributed by atoms with Gasteiger partial charge < -0.3 is 24.5 Å².